The lowest BCUT2D eigenvalue weighted by molar-refractivity contribution is 0.0696. The van der Waals surface area contributed by atoms with Gasteiger partial charge < -0.3 is 10.4 Å². The second-order valence-corrected chi connectivity index (χ2v) is 4.42. The van der Waals surface area contributed by atoms with Gasteiger partial charge in [0.15, 0.2) is 0 Å². The molecule has 0 spiro atoms. The van der Waals surface area contributed by atoms with Crippen LogP contribution >= 0.6 is 0 Å². The number of carbonyl (C=O) groups excluding carboxylic acids is 1. The summed E-state index contributed by atoms with van der Waals surface area (Å²) in [7, 11) is 0. The Morgan fingerprint density at radius 2 is 1.64 bits per heavy atom. The average molecular weight is 296 g/mol. The van der Waals surface area contributed by atoms with E-state index in [1.807, 2.05) is 0 Å². The molecular weight excluding hydrogens is 284 g/mol. The van der Waals surface area contributed by atoms with Crippen molar-refractivity contribution in [2.75, 3.05) is 5.32 Å². The van der Waals surface area contributed by atoms with Gasteiger partial charge >= 0.3 is 5.97 Å². The highest BCUT2D eigenvalue weighted by Crippen LogP contribution is 2.12. The van der Waals surface area contributed by atoms with Gasteiger partial charge in [-0.15, -0.1) is 0 Å². The molecule has 2 aromatic carbocycles. The molecule has 0 aliphatic carbocycles. The molecule has 1 amide bonds. The highest BCUT2D eigenvalue weighted by atomic mass is 16.4. The van der Waals surface area contributed by atoms with E-state index < -0.39 is 5.97 Å². The lowest BCUT2D eigenvalue weighted by Gasteiger charge is -2.06. The van der Waals surface area contributed by atoms with E-state index in [2.05, 4.69) is 15.3 Å². The van der Waals surface area contributed by atoms with E-state index in [-0.39, 0.29) is 18.0 Å². The number of amides is 1. The van der Waals surface area contributed by atoms with Crippen molar-refractivity contribution in [1.29, 1.82) is 0 Å². The smallest absolute Gasteiger partial charge is 0.335 e. The molecule has 0 radical (unpaired) electrons. The van der Waals surface area contributed by atoms with Crippen molar-refractivity contribution >= 4 is 17.6 Å². The van der Waals surface area contributed by atoms with Crippen molar-refractivity contribution in [3.8, 4) is 0 Å². The molecule has 0 heterocycles. The molecule has 7 heteroatoms. The minimum absolute atomic E-state index is 0.153. The summed E-state index contributed by atoms with van der Waals surface area (Å²) in [6.07, 6.45) is 0. The van der Waals surface area contributed by atoms with Gasteiger partial charge in [0, 0.05) is 16.2 Å². The minimum atomic E-state index is -1.02. The summed E-state index contributed by atoms with van der Waals surface area (Å²) in [6, 6.07) is 12.6. The van der Waals surface area contributed by atoms with E-state index in [1.54, 1.807) is 24.3 Å². The molecule has 0 aliphatic heterocycles. The zero-order valence-corrected chi connectivity index (χ0v) is 11.4. The Labute approximate surface area is 125 Å². The number of aromatic carboxylic acids is 1. The van der Waals surface area contributed by atoms with Crippen LogP contribution < -0.4 is 5.32 Å². The van der Waals surface area contributed by atoms with Crippen LogP contribution in [0.5, 0.6) is 0 Å². The number of hydrogen-bond acceptors (Lipinski definition) is 3. The fourth-order valence-electron chi connectivity index (χ4n) is 1.77. The van der Waals surface area contributed by atoms with Crippen LogP contribution in [0.25, 0.3) is 10.4 Å². The second kappa shape index (κ2) is 6.92. The lowest BCUT2D eigenvalue weighted by Crippen LogP contribution is -2.12. The number of hydrogen-bond donors (Lipinski definition) is 2. The molecular formula is C15H12N4O3. The number of nitrogens with zero attached hydrogens (tertiary/aromatic N) is 3. The Hall–Kier alpha value is -3.31. The van der Waals surface area contributed by atoms with E-state index in [0.29, 0.717) is 11.3 Å². The van der Waals surface area contributed by atoms with E-state index >= 15 is 0 Å². The van der Waals surface area contributed by atoms with Crippen molar-refractivity contribution in [3.05, 3.63) is 75.7 Å². The van der Waals surface area contributed by atoms with E-state index in [1.165, 1.54) is 24.3 Å². The summed E-state index contributed by atoms with van der Waals surface area (Å²) in [4.78, 5) is 25.5. The van der Waals surface area contributed by atoms with Crippen LogP contribution in [0, 0.1) is 0 Å². The molecule has 0 saturated carbocycles. The van der Waals surface area contributed by atoms with Gasteiger partial charge in [-0.25, -0.2) is 4.79 Å². The summed E-state index contributed by atoms with van der Waals surface area (Å²) < 4.78 is 0. The third-order valence-electron chi connectivity index (χ3n) is 2.92. The average Bonchev–Trinajstić information content (AvgIpc) is 2.54. The maximum Gasteiger partial charge on any atom is 0.335 e. The molecule has 0 atom stereocenters. The van der Waals surface area contributed by atoms with Crippen LogP contribution in [0.4, 0.5) is 5.69 Å². The Kier molecular flexibility index (Phi) is 4.74. The molecule has 0 saturated heterocycles. The first-order chi connectivity index (χ1) is 10.6. The van der Waals surface area contributed by atoms with Crippen molar-refractivity contribution in [2.24, 2.45) is 5.11 Å². The number of nitrogens with one attached hydrogen (secondary N) is 1. The largest absolute Gasteiger partial charge is 0.478 e. The Morgan fingerprint density at radius 3 is 2.18 bits per heavy atom. The predicted molar refractivity (Wildman–Crippen MR) is 80.6 cm³/mol. The molecule has 2 aromatic rings. The number of carboxylic acids is 1. The van der Waals surface area contributed by atoms with Crippen molar-refractivity contribution < 1.29 is 14.7 Å². The molecule has 7 nitrogen and oxygen atoms in total. The Morgan fingerprint density at radius 1 is 1.05 bits per heavy atom. The summed E-state index contributed by atoms with van der Waals surface area (Å²) >= 11 is 0. The summed E-state index contributed by atoms with van der Waals surface area (Å²) in [5.74, 6) is -1.33. The standard InChI is InChI=1S/C15H12N4O3/c16-19-17-9-10-1-3-11(4-2-10)14(20)18-13-7-5-12(6-8-13)15(21)22/h1-8H,9H2,(H,18,20)(H,21,22). The fraction of sp³-hybridized carbons (Fsp3) is 0.0667. The van der Waals surface area contributed by atoms with Gasteiger partial charge in [-0.3, -0.25) is 4.79 Å². The number of azide groups is 1. The van der Waals surface area contributed by atoms with Gasteiger partial charge in [-0.2, -0.15) is 0 Å². The fourth-order valence-corrected chi connectivity index (χ4v) is 1.77. The van der Waals surface area contributed by atoms with Crippen LogP contribution in [-0.2, 0) is 6.54 Å². The summed E-state index contributed by atoms with van der Waals surface area (Å²) in [6.45, 7) is 0.231. The van der Waals surface area contributed by atoms with E-state index in [9.17, 15) is 9.59 Å². The zero-order valence-electron chi connectivity index (χ0n) is 11.4. The minimum Gasteiger partial charge on any atom is -0.478 e. The number of rotatable bonds is 5. The van der Waals surface area contributed by atoms with Gasteiger partial charge in [0.05, 0.1) is 12.1 Å². The third-order valence-corrected chi connectivity index (χ3v) is 2.92. The lowest BCUT2D eigenvalue weighted by atomic mass is 10.1. The van der Waals surface area contributed by atoms with Gasteiger partial charge in [-0.05, 0) is 47.5 Å². The Bertz CT molecular complexity index is 732. The van der Waals surface area contributed by atoms with Gasteiger partial charge in [0.25, 0.3) is 5.91 Å². The number of carboxylic acid groups (broad SMARTS) is 1. The first-order valence-corrected chi connectivity index (χ1v) is 6.34. The number of carbonyl (C=O) groups is 2. The maximum absolute atomic E-state index is 12.0. The topological polar surface area (TPSA) is 115 Å². The van der Waals surface area contributed by atoms with Crippen molar-refractivity contribution in [2.45, 2.75) is 6.54 Å². The highest BCUT2D eigenvalue weighted by Gasteiger charge is 2.07. The molecule has 0 bridgehead atoms. The third kappa shape index (κ3) is 3.84. The maximum atomic E-state index is 12.0. The summed E-state index contributed by atoms with van der Waals surface area (Å²) in [5.41, 5.74) is 10.2. The van der Waals surface area contributed by atoms with E-state index in [0.717, 1.165) is 5.56 Å². The quantitative estimate of drug-likeness (QED) is 0.500. The first-order valence-electron chi connectivity index (χ1n) is 6.34. The second-order valence-electron chi connectivity index (χ2n) is 4.42. The molecule has 0 aliphatic rings. The SMILES string of the molecule is [N-]=[N+]=NCc1ccc(C(=O)Nc2ccc(C(=O)O)cc2)cc1. The van der Waals surface area contributed by atoms with Crippen molar-refractivity contribution in [3.63, 3.8) is 0 Å². The normalized spacial score (nSPS) is 9.64. The van der Waals surface area contributed by atoms with Gasteiger partial charge in [0.1, 0.15) is 0 Å². The molecule has 2 N–H and O–H groups in total. The highest BCUT2D eigenvalue weighted by molar-refractivity contribution is 6.04. The monoisotopic (exact) mass is 296 g/mol. The number of anilines is 1. The Balaban J connectivity index is 2.05. The van der Waals surface area contributed by atoms with Crippen molar-refractivity contribution in [1.82, 2.24) is 0 Å². The molecule has 22 heavy (non-hydrogen) atoms. The van der Waals surface area contributed by atoms with Gasteiger partial charge in [-0.1, -0.05) is 17.2 Å². The van der Waals surface area contributed by atoms with Crippen LogP contribution in [0.2, 0.25) is 0 Å². The first kappa shape index (κ1) is 15.1. The van der Waals surface area contributed by atoms with Crippen LogP contribution in [0.1, 0.15) is 26.3 Å². The zero-order chi connectivity index (χ0) is 15.9. The molecule has 0 unspecified atom stereocenters. The number of benzene rings is 2. The van der Waals surface area contributed by atoms with Gasteiger partial charge in [0.2, 0.25) is 0 Å². The van der Waals surface area contributed by atoms with E-state index in [4.69, 9.17) is 10.6 Å². The molecule has 110 valence electrons. The van der Waals surface area contributed by atoms with Crippen LogP contribution in [-0.4, -0.2) is 17.0 Å². The van der Waals surface area contributed by atoms with Crippen LogP contribution in [0.3, 0.4) is 0 Å². The predicted octanol–water partition coefficient (Wildman–Crippen LogP) is 3.45. The van der Waals surface area contributed by atoms with Crippen LogP contribution in [0.15, 0.2) is 53.6 Å². The molecule has 0 fully saturated rings. The molecule has 2 rings (SSSR count). The summed E-state index contributed by atoms with van der Waals surface area (Å²) in [5, 5.41) is 14.9. The molecule has 0 aromatic heterocycles.